The Balaban J connectivity index is 1.73. The molecule has 0 radical (unpaired) electrons. The van der Waals surface area contributed by atoms with Crippen LogP contribution in [-0.2, 0) is 4.79 Å². The van der Waals surface area contributed by atoms with Crippen molar-refractivity contribution < 1.29 is 19.1 Å². The van der Waals surface area contributed by atoms with Gasteiger partial charge in [-0.05, 0) is 18.9 Å². The molecule has 0 aromatic carbocycles. The molecule has 1 aromatic heterocycles. The molecule has 6 nitrogen and oxygen atoms in total. The summed E-state index contributed by atoms with van der Waals surface area (Å²) in [5.74, 6) is -0.272. The van der Waals surface area contributed by atoms with Gasteiger partial charge in [0.25, 0.3) is 5.91 Å². The quantitative estimate of drug-likeness (QED) is 0.807. The van der Waals surface area contributed by atoms with Crippen molar-refractivity contribution in [3.05, 3.63) is 24.2 Å². The predicted octanol–water partition coefficient (Wildman–Crippen LogP) is 0.383. The van der Waals surface area contributed by atoms with Gasteiger partial charge in [-0.3, -0.25) is 9.59 Å². The third-order valence-corrected chi connectivity index (χ3v) is 3.32. The van der Waals surface area contributed by atoms with Crippen molar-refractivity contribution >= 4 is 11.8 Å². The van der Waals surface area contributed by atoms with Crippen LogP contribution in [0.15, 0.2) is 23.0 Å². The highest BCUT2D eigenvalue weighted by molar-refractivity contribution is 5.94. The fourth-order valence-electron chi connectivity index (χ4n) is 2.28. The number of aliphatic hydroxyl groups excluding tert-OH is 1. The fraction of sp³-hybridized carbons (Fsp3) is 0.538. The van der Waals surface area contributed by atoms with Crippen molar-refractivity contribution in [1.29, 1.82) is 0 Å². The molecule has 1 aliphatic heterocycles. The number of nitrogens with zero attached hydrogens (tertiary/aromatic N) is 1. The minimum absolute atomic E-state index is 0.00706. The normalized spacial score (nSPS) is 18.6. The molecule has 2 rings (SSSR count). The van der Waals surface area contributed by atoms with Crippen LogP contribution in [0.25, 0.3) is 0 Å². The molecule has 0 saturated carbocycles. The lowest BCUT2D eigenvalue weighted by molar-refractivity contribution is -0.132. The lowest BCUT2D eigenvalue weighted by Gasteiger charge is -2.23. The van der Waals surface area contributed by atoms with E-state index in [9.17, 15) is 9.59 Å². The fourth-order valence-corrected chi connectivity index (χ4v) is 2.28. The summed E-state index contributed by atoms with van der Waals surface area (Å²) < 4.78 is 4.81. The van der Waals surface area contributed by atoms with Crippen molar-refractivity contribution in [2.24, 2.45) is 0 Å². The van der Waals surface area contributed by atoms with Crippen LogP contribution in [0.5, 0.6) is 0 Å². The number of amides is 2. The van der Waals surface area contributed by atoms with E-state index in [1.807, 2.05) is 0 Å². The molecule has 6 heteroatoms. The molecule has 2 N–H and O–H groups in total. The van der Waals surface area contributed by atoms with Gasteiger partial charge in [0.15, 0.2) is 0 Å². The molecule has 0 spiro atoms. The predicted molar refractivity (Wildman–Crippen MR) is 67.5 cm³/mol. The zero-order valence-electron chi connectivity index (χ0n) is 10.7. The average Bonchev–Trinajstić information content (AvgIpc) is 3.09. The zero-order chi connectivity index (χ0) is 13.7. The molecule has 2 heterocycles. The van der Waals surface area contributed by atoms with E-state index in [4.69, 9.17) is 9.52 Å². The number of nitrogens with one attached hydrogen (secondary N) is 1. The molecule has 0 unspecified atom stereocenters. The van der Waals surface area contributed by atoms with Crippen molar-refractivity contribution in [3.63, 3.8) is 0 Å². The third-order valence-electron chi connectivity index (χ3n) is 3.32. The minimum Gasteiger partial charge on any atom is -0.472 e. The van der Waals surface area contributed by atoms with Crippen molar-refractivity contribution in [2.75, 3.05) is 19.7 Å². The maximum absolute atomic E-state index is 11.9. The van der Waals surface area contributed by atoms with Crippen molar-refractivity contribution in [1.82, 2.24) is 10.2 Å². The number of carbonyl (C=O) groups excluding carboxylic acids is 2. The summed E-state index contributed by atoms with van der Waals surface area (Å²) in [6, 6.07) is 1.51. The maximum Gasteiger partial charge on any atom is 0.254 e. The van der Waals surface area contributed by atoms with Crippen LogP contribution in [0.3, 0.4) is 0 Å². The van der Waals surface area contributed by atoms with E-state index in [1.165, 1.54) is 12.5 Å². The van der Waals surface area contributed by atoms with Crippen LogP contribution < -0.4 is 5.32 Å². The van der Waals surface area contributed by atoms with Gasteiger partial charge in [0.1, 0.15) is 6.26 Å². The number of hydrogen-bond acceptors (Lipinski definition) is 4. The van der Waals surface area contributed by atoms with Gasteiger partial charge >= 0.3 is 0 Å². The topological polar surface area (TPSA) is 82.8 Å². The van der Waals surface area contributed by atoms with Crippen LogP contribution in [0.4, 0.5) is 0 Å². The smallest absolute Gasteiger partial charge is 0.254 e. The second-order valence-electron chi connectivity index (χ2n) is 4.58. The highest BCUT2D eigenvalue weighted by Gasteiger charge is 2.27. The number of furan rings is 1. The second kappa shape index (κ2) is 6.38. The van der Waals surface area contributed by atoms with E-state index < -0.39 is 0 Å². The number of carbonyl (C=O) groups is 2. The Hall–Kier alpha value is -1.82. The molecule has 1 saturated heterocycles. The van der Waals surface area contributed by atoms with Gasteiger partial charge in [0, 0.05) is 19.5 Å². The van der Waals surface area contributed by atoms with Crippen molar-refractivity contribution in [3.8, 4) is 0 Å². The number of hydrogen-bond donors (Lipinski definition) is 2. The van der Waals surface area contributed by atoms with Gasteiger partial charge < -0.3 is 19.7 Å². The highest BCUT2D eigenvalue weighted by Crippen LogP contribution is 2.17. The summed E-state index contributed by atoms with van der Waals surface area (Å²) >= 11 is 0. The Morgan fingerprint density at radius 3 is 3.05 bits per heavy atom. The molecule has 19 heavy (non-hydrogen) atoms. The zero-order valence-corrected chi connectivity index (χ0v) is 10.7. The molecular formula is C13H18N2O4. The van der Waals surface area contributed by atoms with Crippen LogP contribution in [0, 0.1) is 0 Å². The summed E-state index contributed by atoms with van der Waals surface area (Å²) in [5.41, 5.74) is 0.446. The van der Waals surface area contributed by atoms with Crippen LogP contribution in [-0.4, -0.2) is 47.6 Å². The molecular weight excluding hydrogens is 248 g/mol. The Morgan fingerprint density at radius 2 is 2.37 bits per heavy atom. The average molecular weight is 266 g/mol. The summed E-state index contributed by atoms with van der Waals surface area (Å²) in [6.07, 6.45) is 4.82. The van der Waals surface area contributed by atoms with Gasteiger partial charge in [-0.1, -0.05) is 0 Å². The Labute approximate surface area is 111 Å². The van der Waals surface area contributed by atoms with E-state index >= 15 is 0 Å². The largest absolute Gasteiger partial charge is 0.472 e. The van der Waals surface area contributed by atoms with Gasteiger partial charge in [-0.15, -0.1) is 0 Å². The SMILES string of the molecule is O=C(NCCC(=O)N1CCC[C@H]1CO)c1ccoc1. The third kappa shape index (κ3) is 3.35. The standard InChI is InChI=1S/C13H18N2O4/c16-8-11-2-1-6-15(11)12(17)3-5-14-13(18)10-4-7-19-9-10/h4,7,9,11,16H,1-3,5-6,8H2,(H,14,18)/t11-/m0/s1. The molecule has 2 amide bonds. The highest BCUT2D eigenvalue weighted by atomic mass is 16.3. The van der Waals surface area contributed by atoms with Gasteiger partial charge in [-0.2, -0.15) is 0 Å². The first-order valence-electron chi connectivity index (χ1n) is 6.43. The van der Waals surface area contributed by atoms with Crippen LogP contribution in [0.2, 0.25) is 0 Å². The van der Waals surface area contributed by atoms with E-state index in [0.717, 1.165) is 12.8 Å². The molecule has 1 fully saturated rings. The van der Waals surface area contributed by atoms with Crippen molar-refractivity contribution in [2.45, 2.75) is 25.3 Å². The monoisotopic (exact) mass is 266 g/mol. The molecule has 0 aliphatic carbocycles. The van der Waals surface area contributed by atoms with E-state index in [-0.39, 0.29) is 37.4 Å². The summed E-state index contributed by atoms with van der Waals surface area (Å²) in [7, 11) is 0. The molecule has 1 aromatic rings. The van der Waals surface area contributed by atoms with Gasteiger partial charge in [0.2, 0.25) is 5.91 Å². The van der Waals surface area contributed by atoms with E-state index in [1.54, 1.807) is 11.0 Å². The summed E-state index contributed by atoms with van der Waals surface area (Å²) in [6.45, 7) is 0.990. The number of rotatable bonds is 5. The Bertz CT molecular complexity index is 430. The maximum atomic E-state index is 11.9. The minimum atomic E-state index is -0.248. The first-order valence-corrected chi connectivity index (χ1v) is 6.43. The number of likely N-dealkylation sites (tertiary alicyclic amines) is 1. The summed E-state index contributed by atoms with van der Waals surface area (Å²) in [5, 5.41) is 11.8. The molecule has 1 aliphatic rings. The molecule has 104 valence electrons. The first kappa shape index (κ1) is 13.6. The Morgan fingerprint density at radius 1 is 1.53 bits per heavy atom. The Kier molecular flexibility index (Phi) is 4.57. The summed E-state index contributed by atoms with van der Waals surface area (Å²) in [4.78, 5) is 25.2. The lowest BCUT2D eigenvalue weighted by atomic mass is 10.2. The van der Waals surface area contributed by atoms with Crippen LogP contribution in [0.1, 0.15) is 29.6 Å². The van der Waals surface area contributed by atoms with Gasteiger partial charge in [0.05, 0.1) is 24.5 Å². The first-order chi connectivity index (χ1) is 9.22. The van der Waals surface area contributed by atoms with E-state index in [2.05, 4.69) is 5.32 Å². The second-order valence-corrected chi connectivity index (χ2v) is 4.58. The molecule has 0 bridgehead atoms. The van der Waals surface area contributed by atoms with Crippen LogP contribution >= 0.6 is 0 Å². The lowest BCUT2D eigenvalue weighted by Crippen LogP contribution is -2.39. The van der Waals surface area contributed by atoms with E-state index in [0.29, 0.717) is 12.1 Å². The number of aliphatic hydroxyl groups is 1. The van der Waals surface area contributed by atoms with Gasteiger partial charge in [-0.25, -0.2) is 0 Å². The molecule has 1 atom stereocenters.